The van der Waals surface area contributed by atoms with E-state index in [1.54, 1.807) is 18.2 Å². The first-order valence-corrected chi connectivity index (χ1v) is 4.86. The summed E-state index contributed by atoms with van der Waals surface area (Å²) in [5.41, 5.74) is 3.15. The van der Waals surface area contributed by atoms with Gasteiger partial charge in [-0.3, -0.25) is 0 Å². The van der Waals surface area contributed by atoms with E-state index < -0.39 is 0 Å². The lowest BCUT2D eigenvalue weighted by Gasteiger charge is -2.13. The number of nitrogens with one attached hydrogen (secondary N) is 1. The fourth-order valence-corrected chi connectivity index (χ4v) is 1.54. The zero-order valence-electron chi connectivity index (χ0n) is 7.29. The molecule has 0 saturated carbocycles. The van der Waals surface area contributed by atoms with Crippen LogP contribution in [-0.4, -0.2) is 10.3 Å². The highest BCUT2D eigenvalue weighted by molar-refractivity contribution is 9.10. The third kappa shape index (κ3) is 2.43. The van der Waals surface area contributed by atoms with Gasteiger partial charge in [-0.2, -0.15) is 5.48 Å². The van der Waals surface area contributed by atoms with Gasteiger partial charge >= 0.3 is 0 Å². The Kier molecular flexibility index (Phi) is 3.71. The summed E-state index contributed by atoms with van der Waals surface area (Å²) in [5, 5.41) is 18.1. The molecule has 1 aromatic rings. The zero-order chi connectivity index (χ0) is 9.84. The first-order chi connectivity index (χ1) is 6.19. The van der Waals surface area contributed by atoms with E-state index in [0.717, 1.165) is 12.0 Å². The number of phenolic OH excluding ortho intramolecular Hbond substituents is 1. The van der Waals surface area contributed by atoms with E-state index in [0.29, 0.717) is 4.47 Å². The van der Waals surface area contributed by atoms with Crippen LogP contribution in [0.4, 0.5) is 0 Å². The number of phenols is 1. The van der Waals surface area contributed by atoms with Crippen LogP contribution in [0.25, 0.3) is 0 Å². The Morgan fingerprint density at radius 2 is 2.23 bits per heavy atom. The van der Waals surface area contributed by atoms with E-state index in [4.69, 9.17) is 5.21 Å². The van der Waals surface area contributed by atoms with Gasteiger partial charge in [-0.25, -0.2) is 0 Å². The maximum Gasteiger partial charge on any atom is 0.129 e. The standard InChI is InChI=1S/C9H12BrNO2/c1-2-8(11-13)6-3-4-9(12)7(10)5-6/h3-5,8,11-13H,2H2,1H3. The molecule has 0 fully saturated rings. The van der Waals surface area contributed by atoms with E-state index in [-0.39, 0.29) is 11.8 Å². The van der Waals surface area contributed by atoms with Crippen LogP contribution in [0.5, 0.6) is 5.75 Å². The van der Waals surface area contributed by atoms with Gasteiger partial charge in [0, 0.05) is 0 Å². The lowest BCUT2D eigenvalue weighted by Crippen LogP contribution is -2.15. The molecule has 0 bridgehead atoms. The van der Waals surface area contributed by atoms with Crippen LogP contribution in [-0.2, 0) is 0 Å². The monoisotopic (exact) mass is 245 g/mol. The van der Waals surface area contributed by atoms with Crippen LogP contribution in [0.2, 0.25) is 0 Å². The minimum Gasteiger partial charge on any atom is -0.507 e. The second-order valence-corrected chi connectivity index (χ2v) is 3.66. The van der Waals surface area contributed by atoms with Crippen molar-refractivity contribution in [2.75, 3.05) is 0 Å². The third-order valence-corrected chi connectivity index (χ3v) is 2.57. The Morgan fingerprint density at radius 1 is 1.54 bits per heavy atom. The minimum atomic E-state index is -0.0862. The van der Waals surface area contributed by atoms with E-state index >= 15 is 0 Å². The summed E-state index contributed by atoms with van der Waals surface area (Å²) >= 11 is 3.21. The molecule has 0 saturated heterocycles. The Balaban J connectivity index is 2.95. The number of hydroxylamine groups is 1. The van der Waals surface area contributed by atoms with Gasteiger partial charge in [0.05, 0.1) is 10.5 Å². The molecule has 0 heterocycles. The highest BCUT2D eigenvalue weighted by Crippen LogP contribution is 2.27. The topological polar surface area (TPSA) is 52.5 Å². The van der Waals surface area contributed by atoms with Crippen molar-refractivity contribution < 1.29 is 10.3 Å². The summed E-state index contributed by atoms with van der Waals surface area (Å²) in [7, 11) is 0. The fourth-order valence-electron chi connectivity index (χ4n) is 1.14. The second kappa shape index (κ2) is 4.60. The van der Waals surface area contributed by atoms with Crippen molar-refractivity contribution in [1.29, 1.82) is 0 Å². The molecule has 1 atom stereocenters. The molecule has 1 rings (SSSR count). The average Bonchev–Trinajstić information content (AvgIpc) is 2.13. The molecule has 0 aliphatic heterocycles. The van der Waals surface area contributed by atoms with Crippen molar-refractivity contribution in [3.05, 3.63) is 28.2 Å². The molecule has 0 aliphatic rings. The van der Waals surface area contributed by atoms with Gasteiger partial charge < -0.3 is 10.3 Å². The van der Waals surface area contributed by atoms with E-state index in [2.05, 4.69) is 21.4 Å². The van der Waals surface area contributed by atoms with Gasteiger partial charge in [-0.15, -0.1) is 0 Å². The Labute approximate surface area is 85.5 Å². The van der Waals surface area contributed by atoms with Crippen molar-refractivity contribution in [2.45, 2.75) is 19.4 Å². The molecular formula is C9H12BrNO2. The first kappa shape index (κ1) is 10.5. The number of benzene rings is 1. The predicted molar refractivity (Wildman–Crippen MR) is 53.8 cm³/mol. The summed E-state index contributed by atoms with van der Waals surface area (Å²) < 4.78 is 0.638. The lowest BCUT2D eigenvalue weighted by molar-refractivity contribution is 0.124. The van der Waals surface area contributed by atoms with Crippen molar-refractivity contribution in [3.8, 4) is 5.75 Å². The predicted octanol–water partition coefficient (Wildman–Crippen LogP) is 2.58. The molecule has 3 N–H and O–H groups in total. The van der Waals surface area contributed by atoms with E-state index in [1.165, 1.54) is 0 Å². The number of hydrogen-bond donors (Lipinski definition) is 3. The highest BCUT2D eigenvalue weighted by Gasteiger charge is 2.08. The summed E-state index contributed by atoms with van der Waals surface area (Å²) in [5.74, 6) is 0.205. The molecule has 0 aromatic heterocycles. The summed E-state index contributed by atoms with van der Waals surface area (Å²) in [6.45, 7) is 1.97. The molecule has 0 radical (unpaired) electrons. The Bertz CT molecular complexity index is 287. The Hall–Kier alpha value is -0.580. The van der Waals surface area contributed by atoms with Gasteiger partial charge in [0.15, 0.2) is 0 Å². The highest BCUT2D eigenvalue weighted by atomic mass is 79.9. The van der Waals surface area contributed by atoms with Gasteiger partial charge in [0.1, 0.15) is 5.75 Å². The molecule has 1 aromatic carbocycles. The number of rotatable bonds is 3. The Morgan fingerprint density at radius 3 is 2.69 bits per heavy atom. The van der Waals surface area contributed by atoms with E-state index in [1.807, 2.05) is 6.92 Å². The van der Waals surface area contributed by atoms with Crippen LogP contribution in [0.1, 0.15) is 24.9 Å². The number of halogens is 1. The molecule has 3 nitrogen and oxygen atoms in total. The third-order valence-electron chi connectivity index (χ3n) is 1.94. The van der Waals surface area contributed by atoms with Gasteiger partial charge in [0.25, 0.3) is 0 Å². The molecule has 1 unspecified atom stereocenters. The number of aromatic hydroxyl groups is 1. The second-order valence-electron chi connectivity index (χ2n) is 2.80. The van der Waals surface area contributed by atoms with Crippen molar-refractivity contribution >= 4 is 15.9 Å². The average molecular weight is 246 g/mol. The smallest absolute Gasteiger partial charge is 0.129 e. The summed E-state index contributed by atoms with van der Waals surface area (Å²) in [6, 6.07) is 5.07. The molecule has 0 spiro atoms. The van der Waals surface area contributed by atoms with E-state index in [9.17, 15) is 5.11 Å². The minimum absolute atomic E-state index is 0.0862. The summed E-state index contributed by atoms with van der Waals surface area (Å²) in [6.07, 6.45) is 0.785. The molecular weight excluding hydrogens is 234 g/mol. The quantitative estimate of drug-likeness (QED) is 0.718. The molecule has 13 heavy (non-hydrogen) atoms. The van der Waals surface area contributed by atoms with Gasteiger partial charge in [-0.05, 0) is 40.0 Å². The molecule has 0 amide bonds. The first-order valence-electron chi connectivity index (χ1n) is 4.07. The van der Waals surface area contributed by atoms with Crippen LogP contribution in [0.3, 0.4) is 0 Å². The van der Waals surface area contributed by atoms with Crippen molar-refractivity contribution in [1.82, 2.24) is 5.48 Å². The van der Waals surface area contributed by atoms with Crippen LogP contribution >= 0.6 is 15.9 Å². The largest absolute Gasteiger partial charge is 0.507 e. The van der Waals surface area contributed by atoms with Crippen LogP contribution in [0.15, 0.2) is 22.7 Å². The van der Waals surface area contributed by atoms with Crippen LogP contribution in [0, 0.1) is 0 Å². The fraction of sp³-hybridized carbons (Fsp3) is 0.333. The maximum absolute atomic E-state index is 9.24. The van der Waals surface area contributed by atoms with Crippen molar-refractivity contribution in [3.63, 3.8) is 0 Å². The van der Waals surface area contributed by atoms with Crippen molar-refractivity contribution in [2.24, 2.45) is 0 Å². The summed E-state index contributed by atoms with van der Waals surface area (Å²) in [4.78, 5) is 0. The van der Waals surface area contributed by atoms with Gasteiger partial charge in [0.2, 0.25) is 0 Å². The maximum atomic E-state index is 9.24. The molecule has 0 aliphatic carbocycles. The molecule has 72 valence electrons. The zero-order valence-corrected chi connectivity index (χ0v) is 8.87. The lowest BCUT2D eigenvalue weighted by atomic mass is 10.1. The molecule has 4 heteroatoms. The number of hydrogen-bond acceptors (Lipinski definition) is 3. The normalized spacial score (nSPS) is 12.8. The SMILES string of the molecule is CCC(NO)c1ccc(O)c(Br)c1. The van der Waals surface area contributed by atoms with Gasteiger partial charge in [-0.1, -0.05) is 13.0 Å². The van der Waals surface area contributed by atoms with Crippen LogP contribution < -0.4 is 5.48 Å².